The van der Waals surface area contributed by atoms with E-state index in [9.17, 15) is 19.0 Å². The lowest BCUT2D eigenvalue weighted by atomic mass is 10.1. The molecule has 0 bridgehead atoms. The Morgan fingerprint density at radius 2 is 1.36 bits per heavy atom. The molecule has 2 aliphatic heterocycles. The second-order valence-corrected chi connectivity index (χ2v) is 9.98. The Morgan fingerprint density at radius 1 is 0.833 bits per heavy atom. The van der Waals surface area contributed by atoms with Crippen molar-refractivity contribution in [3.63, 3.8) is 0 Å². The van der Waals surface area contributed by atoms with E-state index in [1.807, 2.05) is 0 Å². The Labute approximate surface area is 234 Å². The smallest absolute Gasteiger partial charge is 0.232 e. The number of halogens is 2. The van der Waals surface area contributed by atoms with Gasteiger partial charge in [-0.05, 0) is 0 Å². The molecule has 2 aliphatic rings. The van der Waals surface area contributed by atoms with Crippen molar-refractivity contribution in [3.8, 4) is 0 Å². The Morgan fingerprint density at radius 3 is 1.86 bits per heavy atom. The van der Waals surface area contributed by atoms with Crippen LogP contribution in [0.25, 0.3) is 22.3 Å². The quantitative estimate of drug-likeness (QED) is 0.0680. The average molecular weight is 618 g/mol. The van der Waals surface area contributed by atoms with Gasteiger partial charge >= 0.3 is 0 Å². The molecule has 0 radical (unpaired) electrons. The van der Waals surface area contributed by atoms with E-state index in [1.165, 1.54) is 34.4 Å². The Bertz CT molecular complexity index is 1520. The maximum atomic E-state index is 14.3. The van der Waals surface area contributed by atoms with E-state index >= 15 is 0 Å². The maximum Gasteiger partial charge on any atom is 0.232 e. The number of alkyl halides is 2. The number of hydrogen-bond acceptors (Lipinski definition) is 17. The summed E-state index contributed by atoms with van der Waals surface area (Å²) in [5.41, 5.74) is 12.4. The van der Waals surface area contributed by atoms with Crippen LogP contribution in [-0.2, 0) is 19.0 Å². The van der Waals surface area contributed by atoms with Gasteiger partial charge in [-0.15, -0.1) is 0 Å². The second kappa shape index (κ2) is 12.5. The van der Waals surface area contributed by atoms with Crippen LogP contribution >= 0.6 is 8.38 Å². The summed E-state index contributed by atoms with van der Waals surface area (Å²) >= 11 is 0. The second-order valence-electron chi connectivity index (χ2n) is 8.84. The summed E-state index contributed by atoms with van der Waals surface area (Å²) in [6.45, 7) is -0.470. The Hall–Kier alpha value is -3.37. The molecule has 0 saturated carbocycles. The minimum Gasteiger partial charge on any atom is -0.394 e. The number of nitrogen functional groups attached to an aromatic ring is 2. The van der Waals surface area contributed by atoms with Gasteiger partial charge in [0.25, 0.3) is 0 Å². The van der Waals surface area contributed by atoms with Crippen molar-refractivity contribution in [2.75, 3.05) is 24.4 Å². The molecule has 6 heterocycles. The predicted octanol–water partition coefficient (Wildman–Crippen LogP) is -1.84. The number of nitrogens with zero attached hydrogens (tertiary/aromatic N) is 8. The first-order valence-electron chi connectivity index (χ1n) is 12.0. The fourth-order valence-electron chi connectivity index (χ4n) is 4.22. The minimum absolute atomic E-state index is 0.118. The summed E-state index contributed by atoms with van der Waals surface area (Å²) in [6.07, 6.45) is -7.22. The molecular weight excluding hydrogens is 593 g/mol. The molecule has 9 atom stereocenters. The van der Waals surface area contributed by atoms with Crippen molar-refractivity contribution in [3.05, 3.63) is 25.3 Å². The van der Waals surface area contributed by atoms with Gasteiger partial charge in [-0.25, -0.2) is 38.7 Å². The Balaban J connectivity index is 0.000000171. The average Bonchev–Trinajstić information content (AvgIpc) is 3.75. The first-order valence-corrected chi connectivity index (χ1v) is 13.4. The first-order chi connectivity index (χ1) is 20.2. The highest BCUT2D eigenvalue weighted by Crippen LogP contribution is 2.38. The number of fused-ring (bicyclic) bond motifs is 2. The van der Waals surface area contributed by atoms with Crippen LogP contribution in [0.3, 0.4) is 0 Å². The monoisotopic (exact) mass is 618 g/mol. The minimum atomic E-state index is -2.26. The van der Waals surface area contributed by atoms with Crippen molar-refractivity contribution in [2.24, 2.45) is 0 Å². The molecule has 0 spiro atoms. The summed E-state index contributed by atoms with van der Waals surface area (Å²) < 4.78 is 45.8. The van der Waals surface area contributed by atoms with E-state index in [-0.39, 0.29) is 22.8 Å². The molecule has 4 aromatic heterocycles. The molecular formula is C20H25F2N10O9P. The van der Waals surface area contributed by atoms with E-state index in [1.54, 1.807) is 0 Å². The van der Waals surface area contributed by atoms with Gasteiger partial charge in [0.05, 0.1) is 19.3 Å². The zero-order chi connectivity index (χ0) is 30.1. The van der Waals surface area contributed by atoms with Gasteiger partial charge < -0.3 is 46.3 Å². The van der Waals surface area contributed by atoms with E-state index < -0.39 is 70.7 Å². The van der Waals surface area contributed by atoms with Crippen LogP contribution in [0.2, 0.25) is 0 Å². The van der Waals surface area contributed by atoms with Crippen molar-refractivity contribution in [1.82, 2.24) is 39.0 Å². The number of aliphatic hydroxyl groups excluding tert-OH is 4. The lowest BCUT2D eigenvalue weighted by Gasteiger charge is -2.15. The van der Waals surface area contributed by atoms with Crippen molar-refractivity contribution < 1.29 is 53.1 Å². The largest absolute Gasteiger partial charge is 0.394 e. The van der Waals surface area contributed by atoms with Crippen LogP contribution in [0.15, 0.2) is 25.3 Å². The number of aliphatic hydroxyl groups is 4. The number of nitrogens with two attached hydrogens (primary N) is 2. The molecule has 9 N–H and O–H groups in total. The van der Waals surface area contributed by atoms with Crippen LogP contribution in [0.4, 0.5) is 20.4 Å². The van der Waals surface area contributed by atoms with Gasteiger partial charge in [-0.2, -0.15) is 9.56 Å². The first kappa shape index (κ1) is 30.1. The molecule has 0 amide bonds. The number of ether oxygens (including phenoxy) is 2. The van der Waals surface area contributed by atoms with Crippen molar-refractivity contribution in [1.29, 1.82) is 0 Å². The number of anilines is 2. The van der Waals surface area contributed by atoms with Crippen LogP contribution in [0.5, 0.6) is 0 Å². The van der Waals surface area contributed by atoms with Crippen LogP contribution in [-0.4, -0.2) is 114 Å². The molecule has 19 nitrogen and oxygen atoms in total. The van der Waals surface area contributed by atoms with E-state index in [0.717, 1.165) is 0 Å². The van der Waals surface area contributed by atoms with E-state index in [2.05, 4.69) is 39.5 Å². The number of rotatable bonds is 7. The molecule has 228 valence electrons. The highest BCUT2D eigenvalue weighted by Gasteiger charge is 2.48. The van der Waals surface area contributed by atoms with Gasteiger partial charge in [0.1, 0.15) is 48.3 Å². The molecule has 2 fully saturated rings. The fraction of sp³-hybridized carbons (Fsp3) is 0.500. The predicted molar refractivity (Wildman–Crippen MR) is 135 cm³/mol. The summed E-state index contributed by atoms with van der Waals surface area (Å²) in [5, 5.41) is 37.0. The number of hydrogen-bond donors (Lipinski definition) is 7. The molecule has 42 heavy (non-hydrogen) atoms. The lowest BCUT2D eigenvalue weighted by Crippen LogP contribution is -2.30. The zero-order valence-electron chi connectivity index (χ0n) is 21.1. The molecule has 6 rings (SSSR count). The molecule has 3 unspecified atom stereocenters. The van der Waals surface area contributed by atoms with Gasteiger partial charge in [0, 0.05) is 0 Å². The summed E-state index contributed by atoms with van der Waals surface area (Å²) in [5.74, 6) is 0.295. The lowest BCUT2D eigenvalue weighted by molar-refractivity contribution is -0.332. The third kappa shape index (κ3) is 5.54. The van der Waals surface area contributed by atoms with Crippen LogP contribution in [0.1, 0.15) is 12.5 Å². The Kier molecular flexibility index (Phi) is 8.94. The third-order valence-electron chi connectivity index (χ3n) is 6.29. The molecule has 0 aromatic carbocycles. The highest BCUT2D eigenvalue weighted by atomic mass is 31.2. The summed E-state index contributed by atoms with van der Waals surface area (Å²) in [4.78, 5) is 37.2. The van der Waals surface area contributed by atoms with Gasteiger partial charge in [-0.1, -0.05) is 0 Å². The molecule has 4 aromatic rings. The topological polar surface area (TPSA) is 277 Å². The SMILES string of the molecule is Nc1ncnc2c1ncn2[C@@H]1O[C@H](CO)C(O)[C@@H]1F.Nc1ncnc2c1ncn2[C@@H]1O[C@H](OOP(O)CO)C(O)[C@@H]1F. The summed E-state index contributed by atoms with van der Waals surface area (Å²) in [6, 6.07) is 0. The summed E-state index contributed by atoms with van der Waals surface area (Å²) in [7, 11) is -2.26. The van der Waals surface area contributed by atoms with Crippen LogP contribution < -0.4 is 11.5 Å². The van der Waals surface area contributed by atoms with E-state index in [4.69, 9.17) is 36.0 Å². The van der Waals surface area contributed by atoms with Crippen LogP contribution in [0, 0.1) is 0 Å². The molecule has 0 aliphatic carbocycles. The zero-order valence-corrected chi connectivity index (χ0v) is 22.0. The standard InChI is InChI=1S/C10H13FN5O6P.C10H12FN5O3/c11-4-6(18)10(21-22-23(19)3-17)20-9(4)16-2-15-5-7(12)13-1-14-8(5)16;11-5-7(18)4(1-17)19-10(5)16-3-15-6-8(12)13-2-14-9(6)16/h1-2,4,6,9-10,17-19H,3H2,(H2,12,13,14);2-5,7,10,17-18H,1H2,(H2,12,13,14)/t4-,6?,9+,10+,23?;4-,5+,7?,10-/m01/s1. The third-order valence-corrected chi connectivity index (χ3v) is 6.79. The molecule has 22 heteroatoms. The number of imidazole rings is 2. The van der Waals surface area contributed by atoms with Crippen molar-refractivity contribution >= 4 is 42.3 Å². The normalized spacial score (nSPS) is 30.1. The van der Waals surface area contributed by atoms with Gasteiger partial charge in [0.2, 0.25) is 14.7 Å². The van der Waals surface area contributed by atoms with Crippen molar-refractivity contribution in [2.45, 2.75) is 49.4 Å². The van der Waals surface area contributed by atoms with Gasteiger partial charge in [0.15, 0.2) is 47.7 Å². The highest BCUT2D eigenvalue weighted by molar-refractivity contribution is 7.45. The fourth-order valence-corrected chi connectivity index (χ4v) is 4.45. The van der Waals surface area contributed by atoms with Gasteiger partial charge in [-0.3, -0.25) is 9.13 Å². The molecule has 2 saturated heterocycles. The maximum absolute atomic E-state index is 14.3. The van der Waals surface area contributed by atoms with E-state index in [0.29, 0.717) is 11.2 Å². The number of aromatic nitrogens is 8.